The first kappa shape index (κ1) is 29.2. The van der Waals surface area contributed by atoms with Crippen LogP contribution in [0.3, 0.4) is 0 Å². The number of nitrogens with one attached hydrogen (secondary N) is 1. The quantitative estimate of drug-likeness (QED) is 0.505. The van der Waals surface area contributed by atoms with Gasteiger partial charge in [0.15, 0.2) is 0 Å². The highest BCUT2D eigenvalue weighted by Gasteiger charge is 2.37. The van der Waals surface area contributed by atoms with E-state index in [1.54, 1.807) is 35.9 Å². The number of piperazine rings is 1. The van der Waals surface area contributed by atoms with Crippen LogP contribution in [-0.2, 0) is 11.3 Å². The molecule has 1 aliphatic carbocycles. The minimum atomic E-state index is -0.945. The maximum atomic E-state index is 12.8. The minimum Gasteiger partial charge on any atom is -0.338 e. The summed E-state index contributed by atoms with van der Waals surface area (Å²) < 4.78 is 1.47. The number of nitrogens with zero attached hydrogens (tertiary/aromatic N) is 5. The van der Waals surface area contributed by atoms with Gasteiger partial charge >= 0.3 is 11.7 Å². The Bertz CT molecular complexity index is 1280. The lowest BCUT2D eigenvalue weighted by molar-refractivity contribution is -0.137. The smallest absolute Gasteiger partial charge is 0.338 e. The fourth-order valence-corrected chi connectivity index (χ4v) is 6.34. The van der Waals surface area contributed by atoms with Gasteiger partial charge in [0.25, 0.3) is 0 Å². The molecule has 3 fully saturated rings. The first-order chi connectivity index (χ1) is 19.5. The SMILES string of the molecule is CC(C)(N)C(=O)N1CCN(C(=O)Nc2ccn(-c3ccc(CN4CCC5(CCC(N)CC5)CC4)cc3)c(=O)n2)CC1. The van der Waals surface area contributed by atoms with Crippen molar-refractivity contribution in [3.05, 3.63) is 52.6 Å². The predicted molar refractivity (Wildman–Crippen MR) is 159 cm³/mol. The maximum Gasteiger partial charge on any atom is 0.354 e. The number of aromatic nitrogens is 2. The van der Waals surface area contributed by atoms with Gasteiger partial charge < -0.3 is 21.3 Å². The van der Waals surface area contributed by atoms with Crippen molar-refractivity contribution in [2.24, 2.45) is 16.9 Å². The molecule has 5 rings (SSSR count). The third-order valence-electron chi connectivity index (χ3n) is 9.07. The van der Waals surface area contributed by atoms with Crippen LogP contribution in [-0.4, -0.2) is 87.0 Å². The Hall–Kier alpha value is -3.28. The molecule has 41 heavy (non-hydrogen) atoms. The highest BCUT2D eigenvalue weighted by molar-refractivity contribution is 5.89. The standard InChI is InChI=1S/C30H44N8O3/c1-29(2,32)26(39)36-17-19-37(20-18-36)27(40)33-25-9-14-38(28(41)34-25)24-5-3-22(4-6-24)21-35-15-12-30(13-16-35)10-7-23(31)8-11-30/h3-6,9,14,23H,7-8,10-13,15-21,31-32H2,1-2H3,(H,33,34,40,41). The largest absolute Gasteiger partial charge is 0.354 e. The lowest BCUT2D eigenvalue weighted by Gasteiger charge is -2.45. The van der Waals surface area contributed by atoms with Gasteiger partial charge in [0.2, 0.25) is 5.91 Å². The molecule has 1 aromatic carbocycles. The molecule has 0 unspecified atom stereocenters. The lowest BCUT2D eigenvalue weighted by Crippen LogP contribution is -2.58. The van der Waals surface area contributed by atoms with Gasteiger partial charge in [-0.25, -0.2) is 9.59 Å². The zero-order chi connectivity index (χ0) is 29.2. The summed E-state index contributed by atoms with van der Waals surface area (Å²) in [5.41, 5.74) is 13.1. The van der Waals surface area contributed by atoms with Gasteiger partial charge in [-0.15, -0.1) is 0 Å². The summed E-state index contributed by atoms with van der Waals surface area (Å²) in [5.74, 6) is 0.0539. The number of amides is 3. The van der Waals surface area contributed by atoms with Gasteiger partial charge in [-0.2, -0.15) is 4.98 Å². The number of nitrogens with two attached hydrogens (primary N) is 2. The normalized spacial score (nSPS) is 20.3. The van der Waals surface area contributed by atoms with E-state index in [0.29, 0.717) is 37.6 Å². The van der Waals surface area contributed by atoms with Gasteiger partial charge in [-0.1, -0.05) is 12.1 Å². The first-order valence-electron chi connectivity index (χ1n) is 14.8. The van der Waals surface area contributed by atoms with Gasteiger partial charge in [0.1, 0.15) is 5.82 Å². The van der Waals surface area contributed by atoms with Crippen molar-refractivity contribution in [3.63, 3.8) is 0 Å². The number of carbonyl (C=O) groups excluding carboxylic acids is 2. The molecule has 2 saturated heterocycles. The monoisotopic (exact) mass is 564 g/mol. The zero-order valence-corrected chi connectivity index (χ0v) is 24.3. The van der Waals surface area contributed by atoms with Crippen LogP contribution in [0.1, 0.15) is 57.9 Å². The van der Waals surface area contributed by atoms with Crippen LogP contribution in [0.15, 0.2) is 41.3 Å². The molecule has 1 aromatic heterocycles. The van der Waals surface area contributed by atoms with E-state index in [0.717, 1.165) is 38.2 Å². The van der Waals surface area contributed by atoms with Crippen LogP contribution in [0, 0.1) is 5.41 Å². The second-order valence-corrected chi connectivity index (χ2v) is 12.7. The second-order valence-electron chi connectivity index (χ2n) is 12.7. The average molecular weight is 565 g/mol. The van der Waals surface area contributed by atoms with Gasteiger partial charge in [-0.3, -0.25) is 19.6 Å². The van der Waals surface area contributed by atoms with Gasteiger partial charge in [0.05, 0.1) is 11.2 Å². The van der Waals surface area contributed by atoms with Crippen LogP contribution in [0.25, 0.3) is 5.69 Å². The molecule has 11 heteroatoms. The minimum absolute atomic E-state index is 0.138. The molecule has 0 bridgehead atoms. The Balaban J connectivity index is 1.12. The summed E-state index contributed by atoms with van der Waals surface area (Å²) in [5, 5.41) is 2.71. The van der Waals surface area contributed by atoms with Crippen molar-refractivity contribution < 1.29 is 9.59 Å². The summed E-state index contributed by atoms with van der Waals surface area (Å²) in [7, 11) is 0. The van der Waals surface area contributed by atoms with E-state index in [1.165, 1.54) is 35.8 Å². The van der Waals surface area contributed by atoms with Gasteiger partial charge in [0, 0.05) is 45.0 Å². The van der Waals surface area contributed by atoms with E-state index in [2.05, 4.69) is 27.3 Å². The van der Waals surface area contributed by atoms with Crippen LogP contribution in [0.2, 0.25) is 0 Å². The van der Waals surface area contributed by atoms with Gasteiger partial charge in [-0.05, 0) is 94.6 Å². The molecule has 2 aromatic rings. The molecule has 2 aliphatic heterocycles. The van der Waals surface area contributed by atoms with Crippen LogP contribution in [0.4, 0.5) is 10.6 Å². The summed E-state index contributed by atoms with van der Waals surface area (Å²) in [4.78, 5) is 47.8. The molecular weight excluding hydrogens is 520 g/mol. The van der Waals surface area contributed by atoms with Crippen LogP contribution in [0.5, 0.6) is 0 Å². The summed E-state index contributed by atoms with van der Waals surface area (Å²) in [6, 6.07) is 9.67. The van der Waals surface area contributed by atoms with E-state index in [4.69, 9.17) is 11.5 Å². The molecule has 11 nitrogen and oxygen atoms in total. The highest BCUT2D eigenvalue weighted by atomic mass is 16.2. The summed E-state index contributed by atoms with van der Waals surface area (Å²) >= 11 is 0. The summed E-state index contributed by atoms with van der Waals surface area (Å²) in [6.45, 7) is 8.06. The molecule has 222 valence electrons. The third kappa shape index (κ3) is 6.97. The van der Waals surface area contributed by atoms with Crippen molar-refractivity contribution >= 4 is 17.8 Å². The second kappa shape index (κ2) is 11.9. The molecule has 5 N–H and O–H groups in total. The van der Waals surface area contributed by atoms with Crippen molar-refractivity contribution in [2.45, 2.75) is 70.5 Å². The number of piperidine rings is 1. The number of urea groups is 1. The van der Waals surface area contributed by atoms with E-state index < -0.39 is 11.2 Å². The van der Waals surface area contributed by atoms with E-state index in [-0.39, 0.29) is 17.8 Å². The zero-order valence-electron chi connectivity index (χ0n) is 24.3. The predicted octanol–water partition coefficient (Wildman–Crippen LogP) is 2.13. The molecule has 3 amide bonds. The first-order valence-corrected chi connectivity index (χ1v) is 14.8. The molecule has 1 saturated carbocycles. The molecule has 1 spiro atoms. The fourth-order valence-electron chi connectivity index (χ4n) is 6.34. The topological polar surface area (TPSA) is 143 Å². The number of rotatable bonds is 5. The Labute approximate surface area is 241 Å². The number of carbonyl (C=O) groups is 2. The van der Waals surface area contributed by atoms with Crippen molar-refractivity contribution in [1.29, 1.82) is 0 Å². The van der Waals surface area contributed by atoms with Crippen molar-refractivity contribution in [3.8, 4) is 5.69 Å². The van der Waals surface area contributed by atoms with E-state index in [9.17, 15) is 14.4 Å². The van der Waals surface area contributed by atoms with Crippen molar-refractivity contribution in [2.75, 3.05) is 44.6 Å². The molecule has 0 radical (unpaired) electrons. The Morgan fingerprint density at radius 3 is 2.15 bits per heavy atom. The molecule has 3 aliphatic rings. The van der Waals surface area contributed by atoms with Crippen LogP contribution >= 0.6 is 0 Å². The van der Waals surface area contributed by atoms with Crippen LogP contribution < -0.4 is 22.5 Å². The Morgan fingerprint density at radius 2 is 1.56 bits per heavy atom. The number of anilines is 1. The molecule has 0 atom stereocenters. The number of hydrogen-bond acceptors (Lipinski definition) is 7. The summed E-state index contributed by atoms with van der Waals surface area (Å²) in [6.07, 6.45) is 9.01. The average Bonchev–Trinajstić information content (AvgIpc) is 2.96. The lowest BCUT2D eigenvalue weighted by atomic mass is 9.67. The number of likely N-dealkylation sites (tertiary alicyclic amines) is 1. The van der Waals surface area contributed by atoms with E-state index >= 15 is 0 Å². The van der Waals surface area contributed by atoms with E-state index in [1.807, 2.05) is 12.1 Å². The molecule has 3 heterocycles. The van der Waals surface area contributed by atoms with Crippen molar-refractivity contribution in [1.82, 2.24) is 24.3 Å². The maximum absolute atomic E-state index is 12.8. The Kier molecular flexibility index (Phi) is 8.49. The highest BCUT2D eigenvalue weighted by Crippen LogP contribution is 2.44. The third-order valence-corrected chi connectivity index (χ3v) is 9.07. The number of benzene rings is 1. The number of hydrogen-bond donors (Lipinski definition) is 3. The fraction of sp³-hybridized carbons (Fsp3) is 0.600. The Morgan fingerprint density at radius 1 is 0.951 bits per heavy atom. The molecular formula is C30H44N8O3.